The van der Waals surface area contributed by atoms with Crippen molar-refractivity contribution in [1.29, 1.82) is 0 Å². The first kappa shape index (κ1) is 14.5. The molecule has 19 heavy (non-hydrogen) atoms. The first-order valence-electron chi connectivity index (χ1n) is 7.29. The summed E-state index contributed by atoms with van der Waals surface area (Å²) in [6.07, 6.45) is 2.65. The van der Waals surface area contributed by atoms with Gasteiger partial charge in [0.25, 0.3) is 0 Å². The fourth-order valence-electron chi connectivity index (χ4n) is 2.47. The van der Waals surface area contributed by atoms with Crippen molar-refractivity contribution in [2.24, 2.45) is 5.92 Å². The van der Waals surface area contributed by atoms with Crippen molar-refractivity contribution < 1.29 is 9.84 Å². The molecule has 1 aromatic carbocycles. The van der Waals surface area contributed by atoms with E-state index in [2.05, 4.69) is 24.4 Å². The van der Waals surface area contributed by atoms with Gasteiger partial charge in [0.05, 0.1) is 6.10 Å². The molecule has 1 heterocycles. The Kier molecular flexibility index (Phi) is 5.83. The second-order valence-electron chi connectivity index (χ2n) is 5.51. The summed E-state index contributed by atoms with van der Waals surface area (Å²) in [7, 11) is 0. The number of nitrogens with one attached hydrogen (secondary N) is 1. The number of benzene rings is 1. The Balaban J connectivity index is 1.71. The van der Waals surface area contributed by atoms with Crippen LogP contribution in [0.3, 0.4) is 0 Å². The van der Waals surface area contributed by atoms with E-state index >= 15 is 0 Å². The molecular formula is C16H25NO2. The largest absolute Gasteiger partial charge is 0.391 e. The zero-order chi connectivity index (χ0) is 13.5. The van der Waals surface area contributed by atoms with Crippen LogP contribution in [0.1, 0.15) is 25.3 Å². The van der Waals surface area contributed by atoms with Gasteiger partial charge >= 0.3 is 0 Å². The van der Waals surface area contributed by atoms with Crippen molar-refractivity contribution >= 4 is 0 Å². The maximum atomic E-state index is 10.2. The Morgan fingerprint density at radius 1 is 1.26 bits per heavy atom. The molecule has 0 spiro atoms. The van der Waals surface area contributed by atoms with Crippen LogP contribution in [0.25, 0.3) is 0 Å². The molecule has 0 saturated carbocycles. The van der Waals surface area contributed by atoms with E-state index in [1.54, 1.807) is 0 Å². The second kappa shape index (κ2) is 7.63. The summed E-state index contributed by atoms with van der Waals surface area (Å²) in [4.78, 5) is 0. The molecule has 0 bridgehead atoms. The van der Waals surface area contributed by atoms with Crippen LogP contribution in [0, 0.1) is 5.92 Å². The Bertz CT molecular complexity index is 349. The smallest absolute Gasteiger partial charge is 0.0730 e. The van der Waals surface area contributed by atoms with Crippen LogP contribution in [-0.4, -0.2) is 37.0 Å². The summed E-state index contributed by atoms with van der Waals surface area (Å²) < 4.78 is 5.36. The van der Waals surface area contributed by atoms with Crippen molar-refractivity contribution in [2.75, 3.05) is 19.8 Å². The number of hydrogen-bond acceptors (Lipinski definition) is 3. The van der Waals surface area contributed by atoms with Crippen LogP contribution >= 0.6 is 0 Å². The Hall–Kier alpha value is -0.900. The molecule has 2 unspecified atom stereocenters. The first-order chi connectivity index (χ1) is 9.25. The van der Waals surface area contributed by atoms with Crippen molar-refractivity contribution in [3.8, 4) is 0 Å². The van der Waals surface area contributed by atoms with Crippen molar-refractivity contribution in [3.05, 3.63) is 35.9 Å². The van der Waals surface area contributed by atoms with E-state index in [0.29, 0.717) is 12.3 Å². The zero-order valence-electron chi connectivity index (χ0n) is 11.7. The van der Waals surface area contributed by atoms with Gasteiger partial charge < -0.3 is 15.2 Å². The van der Waals surface area contributed by atoms with Gasteiger partial charge in [-0.15, -0.1) is 0 Å². The minimum Gasteiger partial charge on any atom is -0.391 e. The van der Waals surface area contributed by atoms with Crippen LogP contribution in [0.15, 0.2) is 30.3 Å². The number of aliphatic hydroxyl groups excluding tert-OH is 1. The summed E-state index contributed by atoms with van der Waals surface area (Å²) in [5.74, 6) is 0.695. The number of aliphatic hydroxyl groups is 1. The molecule has 3 heteroatoms. The lowest BCUT2D eigenvalue weighted by molar-refractivity contribution is 0.0621. The SMILES string of the molecule is CC(NCC1CCOCC1)C(O)Cc1ccccc1. The number of hydrogen-bond donors (Lipinski definition) is 2. The molecule has 0 radical (unpaired) electrons. The third kappa shape index (κ3) is 4.94. The van der Waals surface area contributed by atoms with Crippen LogP contribution < -0.4 is 5.32 Å². The molecule has 106 valence electrons. The molecule has 0 aliphatic carbocycles. The fourth-order valence-corrected chi connectivity index (χ4v) is 2.47. The summed E-state index contributed by atoms with van der Waals surface area (Å²) >= 11 is 0. The highest BCUT2D eigenvalue weighted by Crippen LogP contribution is 2.14. The summed E-state index contributed by atoms with van der Waals surface area (Å²) in [5.41, 5.74) is 1.19. The van der Waals surface area contributed by atoms with Gasteiger partial charge in [0.2, 0.25) is 0 Å². The van der Waals surface area contributed by atoms with Crippen LogP contribution in [-0.2, 0) is 11.2 Å². The van der Waals surface area contributed by atoms with Gasteiger partial charge in [-0.2, -0.15) is 0 Å². The van der Waals surface area contributed by atoms with Gasteiger partial charge in [0.1, 0.15) is 0 Å². The lowest BCUT2D eigenvalue weighted by Gasteiger charge is -2.26. The molecule has 0 amide bonds. The van der Waals surface area contributed by atoms with Crippen molar-refractivity contribution in [1.82, 2.24) is 5.32 Å². The highest BCUT2D eigenvalue weighted by Gasteiger charge is 2.18. The summed E-state index contributed by atoms with van der Waals surface area (Å²) in [5, 5.41) is 13.7. The topological polar surface area (TPSA) is 41.5 Å². The third-order valence-electron chi connectivity index (χ3n) is 3.93. The van der Waals surface area contributed by atoms with Crippen molar-refractivity contribution in [3.63, 3.8) is 0 Å². The molecule has 1 fully saturated rings. The Labute approximate surface area is 116 Å². The van der Waals surface area contributed by atoms with Gasteiger partial charge in [-0.25, -0.2) is 0 Å². The molecule has 2 rings (SSSR count). The van der Waals surface area contributed by atoms with Gasteiger partial charge in [-0.05, 0) is 44.2 Å². The van der Waals surface area contributed by atoms with Crippen LogP contribution in [0.5, 0.6) is 0 Å². The first-order valence-corrected chi connectivity index (χ1v) is 7.29. The summed E-state index contributed by atoms with van der Waals surface area (Å²) in [6, 6.07) is 10.3. The van der Waals surface area contributed by atoms with Gasteiger partial charge in [0, 0.05) is 19.3 Å². The van der Waals surface area contributed by atoms with E-state index in [4.69, 9.17) is 4.74 Å². The quantitative estimate of drug-likeness (QED) is 0.825. The number of ether oxygens (including phenoxy) is 1. The molecule has 2 N–H and O–H groups in total. The monoisotopic (exact) mass is 263 g/mol. The number of rotatable bonds is 6. The maximum Gasteiger partial charge on any atom is 0.0730 e. The molecule has 1 saturated heterocycles. The minimum atomic E-state index is -0.331. The molecule has 2 atom stereocenters. The van der Waals surface area contributed by atoms with E-state index < -0.39 is 0 Å². The van der Waals surface area contributed by atoms with E-state index in [-0.39, 0.29) is 12.1 Å². The normalized spacial score (nSPS) is 20.1. The highest BCUT2D eigenvalue weighted by molar-refractivity contribution is 5.15. The minimum absolute atomic E-state index is 0.128. The average Bonchev–Trinajstić information content (AvgIpc) is 2.47. The lowest BCUT2D eigenvalue weighted by Crippen LogP contribution is -2.41. The molecule has 1 aliphatic heterocycles. The second-order valence-corrected chi connectivity index (χ2v) is 5.51. The maximum absolute atomic E-state index is 10.2. The van der Waals surface area contributed by atoms with E-state index in [9.17, 15) is 5.11 Å². The highest BCUT2D eigenvalue weighted by atomic mass is 16.5. The van der Waals surface area contributed by atoms with Gasteiger partial charge in [0.15, 0.2) is 0 Å². The predicted octanol–water partition coefficient (Wildman–Crippen LogP) is 1.99. The van der Waals surface area contributed by atoms with E-state index in [1.165, 1.54) is 5.56 Å². The zero-order valence-corrected chi connectivity index (χ0v) is 11.7. The Morgan fingerprint density at radius 3 is 2.63 bits per heavy atom. The van der Waals surface area contributed by atoms with Crippen LogP contribution in [0.4, 0.5) is 0 Å². The van der Waals surface area contributed by atoms with E-state index in [0.717, 1.165) is 32.6 Å². The lowest BCUT2D eigenvalue weighted by atomic mass is 9.98. The van der Waals surface area contributed by atoms with Crippen LogP contribution in [0.2, 0.25) is 0 Å². The molecule has 3 nitrogen and oxygen atoms in total. The molecule has 0 aromatic heterocycles. The third-order valence-corrected chi connectivity index (χ3v) is 3.93. The Morgan fingerprint density at radius 2 is 1.95 bits per heavy atom. The molecule has 1 aromatic rings. The molecular weight excluding hydrogens is 238 g/mol. The van der Waals surface area contributed by atoms with Gasteiger partial charge in [-0.1, -0.05) is 30.3 Å². The molecule has 1 aliphatic rings. The van der Waals surface area contributed by atoms with E-state index in [1.807, 2.05) is 18.2 Å². The average molecular weight is 263 g/mol. The van der Waals surface area contributed by atoms with Crippen molar-refractivity contribution in [2.45, 2.75) is 38.3 Å². The fraction of sp³-hybridized carbons (Fsp3) is 0.625. The summed E-state index contributed by atoms with van der Waals surface area (Å²) in [6.45, 7) is 4.81. The van der Waals surface area contributed by atoms with Gasteiger partial charge in [-0.3, -0.25) is 0 Å². The standard InChI is InChI=1S/C16H25NO2/c1-13(17-12-15-7-9-19-10-8-15)16(18)11-14-5-3-2-4-6-14/h2-6,13,15-18H,7-12H2,1H3. The predicted molar refractivity (Wildman–Crippen MR) is 77.2 cm³/mol.